The van der Waals surface area contributed by atoms with E-state index in [9.17, 15) is 4.79 Å². The Morgan fingerprint density at radius 1 is 1.33 bits per heavy atom. The first-order chi connectivity index (χ1) is 7.27. The van der Waals surface area contributed by atoms with Gasteiger partial charge >= 0.3 is 0 Å². The van der Waals surface area contributed by atoms with Crippen molar-refractivity contribution in [1.29, 1.82) is 5.26 Å². The molecule has 1 amide bonds. The Kier molecular flexibility index (Phi) is 5.08. The fourth-order valence-corrected chi connectivity index (χ4v) is 1.76. The summed E-state index contributed by atoms with van der Waals surface area (Å²) in [5, 5.41) is 17.2. The third-order valence-corrected chi connectivity index (χ3v) is 2.59. The molecule has 84 valence electrons. The van der Waals surface area contributed by atoms with Gasteiger partial charge in [0.1, 0.15) is 6.42 Å². The van der Waals surface area contributed by atoms with Gasteiger partial charge in [0.2, 0.25) is 5.91 Å². The lowest BCUT2D eigenvalue weighted by molar-refractivity contribution is -0.130. The summed E-state index contributed by atoms with van der Waals surface area (Å²) < 4.78 is 0. The van der Waals surface area contributed by atoms with Gasteiger partial charge in [0.05, 0.1) is 12.7 Å². The molecule has 5 nitrogen and oxygen atoms in total. The molecule has 1 N–H and O–H groups in total. The fourth-order valence-electron chi connectivity index (χ4n) is 1.76. The second-order valence-electron chi connectivity index (χ2n) is 3.63. The minimum absolute atomic E-state index is 0.0278. The molecule has 1 aliphatic rings. The monoisotopic (exact) mass is 211 g/mol. The number of carbonyl (C=O) groups excluding carboxylic acids is 1. The van der Waals surface area contributed by atoms with Gasteiger partial charge in [-0.15, -0.1) is 0 Å². The molecular formula is C10H17N3O2. The second-order valence-corrected chi connectivity index (χ2v) is 3.63. The van der Waals surface area contributed by atoms with E-state index in [4.69, 9.17) is 10.4 Å². The van der Waals surface area contributed by atoms with Crippen LogP contribution in [0.5, 0.6) is 0 Å². The average Bonchev–Trinajstić information content (AvgIpc) is 2.44. The van der Waals surface area contributed by atoms with Gasteiger partial charge in [-0.25, -0.2) is 0 Å². The van der Waals surface area contributed by atoms with E-state index in [-0.39, 0.29) is 18.9 Å². The third-order valence-electron chi connectivity index (χ3n) is 2.59. The molecule has 0 aliphatic carbocycles. The highest BCUT2D eigenvalue weighted by Gasteiger charge is 2.17. The molecule has 15 heavy (non-hydrogen) atoms. The normalized spacial score (nSPS) is 18.3. The first kappa shape index (κ1) is 12.0. The van der Waals surface area contributed by atoms with Gasteiger partial charge in [0.15, 0.2) is 0 Å². The van der Waals surface area contributed by atoms with Crippen molar-refractivity contribution in [3.63, 3.8) is 0 Å². The molecule has 0 aromatic carbocycles. The molecule has 1 rings (SSSR count). The lowest BCUT2D eigenvalue weighted by atomic mass is 10.3. The maximum absolute atomic E-state index is 11.5. The molecule has 0 unspecified atom stereocenters. The predicted octanol–water partition coefficient (Wildman–Crippen LogP) is -0.573. The Morgan fingerprint density at radius 3 is 2.80 bits per heavy atom. The molecule has 0 aromatic heterocycles. The van der Waals surface area contributed by atoms with E-state index in [0.29, 0.717) is 13.1 Å². The van der Waals surface area contributed by atoms with Crippen LogP contribution in [0.1, 0.15) is 12.8 Å². The van der Waals surface area contributed by atoms with Crippen molar-refractivity contribution in [3.8, 4) is 6.07 Å². The number of nitrogens with zero attached hydrogens (tertiary/aromatic N) is 3. The van der Waals surface area contributed by atoms with Gasteiger partial charge in [-0.1, -0.05) is 0 Å². The highest BCUT2D eigenvalue weighted by molar-refractivity contribution is 5.78. The number of β-amino-alcohol motifs (C(OH)–C–C–N with tert-alkyl or cyclic N) is 1. The zero-order valence-electron chi connectivity index (χ0n) is 8.85. The zero-order chi connectivity index (χ0) is 11.1. The van der Waals surface area contributed by atoms with E-state index < -0.39 is 0 Å². The number of hydrogen-bond acceptors (Lipinski definition) is 4. The first-order valence-corrected chi connectivity index (χ1v) is 5.26. The van der Waals surface area contributed by atoms with Crippen LogP contribution in [0, 0.1) is 11.3 Å². The van der Waals surface area contributed by atoms with Gasteiger partial charge in [-0.3, -0.25) is 9.69 Å². The van der Waals surface area contributed by atoms with Crippen LogP contribution in [0.3, 0.4) is 0 Å². The summed E-state index contributed by atoms with van der Waals surface area (Å²) in [5.74, 6) is -0.0802. The second kappa shape index (κ2) is 6.38. The van der Waals surface area contributed by atoms with Crippen LogP contribution in [-0.4, -0.2) is 60.1 Å². The summed E-state index contributed by atoms with van der Waals surface area (Å²) in [6, 6.07) is 1.88. The Morgan fingerprint density at radius 2 is 2.13 bits per heavy atom. The SMILES string of the molecule is N#CCC(=O)N1CCCN(CCO)CC1. The van der Waals surface area contributed by atoms with Crippen LogP contribution in [0.2, 0.25) is 0 Å². The Bertz CT molecular complexity index is 250. The fraction of sp³-hybridized carbons (Fsp3) is 0.800. The van der Waals surface area contributed by atoms with Crippen molar-refractivity contribution in [2.75, 3.05) is 39.3 Å². The molecule has 0 spiro atoms. The van der Waals surface area contributed by atoms with Crippen molar-refractivity contribution in [2.24, 2.45) is 0 Å². The largest absolute Gasteiger partial charge is 0.395 e. The highest BCUT2D eigenvalue weighted by Crippen LogP contribution is 2.04. The summed E-state index contributed by atoms with van der Waals surface area (Å²) in [7, 11) is 0. The predicted molar refractivity (Wildman–Crippen MR) is 55.0 cm³/mol. The zero-order valence-corrected chi connectivity index (χ0v) is 8.85. The maximum atomic E-state index is 11.5. The van der Waals surface area contributed by atoms with Crippen LogP contribution in [-0.2, 0) is 4.79 Å². The third kappa shape index (κ3) is 3.86. The number of carbonyl (C=O) groups is 1. The number of rotatable bonds is 3. The van der Waals surface area contributed by atoms with Gasteiger partial charge in [-0.2, -0.15) is 5.26 Å². The molecule has 5 heteroatoms. The quantitative estimate of drug-likeness (QED) is 0.678. The van der Waals surface area contributed by atoms with E-state index >= 15 is 0 Å². The standard InChI is InChI=1S/C10H17N3O2/c11-3-2-10(15)13-5-1-4-12(6-7-13)8-9-14/h14H,1-2,4-9H2. The highest BCUT2D eigenvalue weighted by atomic mass is 16.3. The van der Waals surface area contributed by atoms with Crippen molar-refractivity contribution < 1.29 is 9.90 Å². The Balaban J connectivity index is 2.39. The van der Waals surface area contributed by atoms with E-state index in [1.807, 2.05) is 6.07 Å². The van der Waals surface area contributed by atoms with Gasteiger partial charge in [0.25, 0.3) is 0 Å². The van der Waals surface area contributed by atoms with E-state index in [2.05, 4.69) is 4.90 Å². The van der Waals surface area contributed by atoms with Gasteiger partial charge < -0.3 is 10.0 Å². The first-order valence-electron chi connectivity index (χ1n) is 5.26. The van der Waals surface area contributed by atoms with Crippen molar-refractivity contribution in [3.05, 3.63) is 0 Å². The van der Waals surface area contributed by atoms with Crippen LogP contribution in [0.25, 0.3) is 0 Å². The summed E-state index contributed by atoms with van der Waals surface area (Å²) >= 11 is 0. The van der Waals surface area contributed by atoms with Gasteiger partial charge in [-0.05, 0) is 13.0 Å². The van der Waals surface area contributed by atoms with E-state index in [1.165, 1.54) is 0 Å². The molecule has 1 fully saturated rings. The lowest BCUT2D eigenvalue weighted by Crippen LogP contribution is -2.35. The summed E-state index contributed by atoms with van der Waals surface area (Å²) in [5.41, 5.74) is 0. The van der Waals surface area contributed by atoms with Crippen LogP contribution >= 0.6 is 0 Å². The smallest absolute Gasteiger partial charge is 0.236 e. The molecule has 0 bridgehead atoms. The number of aliphatic hydroxyl groups is 1. The van der Waals surface area contributed by atoms with Gasteiger partial charge in [0, 0.05) is 26.2 Å². The molecule has 1 heterocycles. The number of amides is 1. The Hall–Kier alpha value is -1.12. The van der Waals surface area contributed by atoms with Crippen molar-refractivity contribution in [2.45, 2.75) is 12.8 Å². The number of nitriles is 1. The summed E-state index contributed by atoms with van der Waals surface area (Å²) in [6.45, 7) is 3.92. The summed E-state index contributed by atoms with van der Waals surface area (Å²) in [6.07, 6.45) is 0.886. The minimum Gasteiger partial charge on any atom is -0.395 e. The molecule has 0 aromatic rings. The maximum Gasteiger partial charge on any atom is 0.236 e. The molecule has 0 radical (unpaired) electrons. The van der Waals surface area contributed by atoms with E-state index in [0.717, 1.165) is 26.1 Å². The summed E-state index contributed by atoms with van der Waals surface area (Å²) in [4.78, 5) is 15.3. The molecular weight excluding hydrogens is 194 g/mol. The number of hydrogen-bond donors (Lipinski definition) is 1. The van der Waals surface area contributed by atoms with Crippen LogP contribution in [0.15, 0.2) is 0 Å². The topological polar surface area (TPSA) is 67.6 Å². The minimum atomic E-state index is -0.0802. The molecule has 1 saturated heterocycles. The van der Waals surface area contributed by atoms with Crippen molar-refractivity contribution >= 4 is 5.91 Å². The lowest BCUT2D eigenvalue weighted by Gasteiger charge is -2.20. The van der Waals surface area contributed by atoms with Crippen LogP contribution < -0.4 is 0 Å². The molecule has 0 atom stereocenters. The molecule has 0 saturated carbocycles. The average molecular weight is 211 g/mol. The van der Waals surface area contributed by atoms with Crippen molar-refractivity contribution in [1.82, 2.24) is 9.80 Å². The van der Waals surface area contributed by atoms with Crippen LogP contribution in [0.4, 0.5) is 0 Å². The molecule has 1 aliphatic heterocycles. The Labute approximate surface area is 89.9 Å². The number of aliphatic hydroxyl groups excluding tert-OH is 1. The van der Waals surface area contributed by atoms with E-state index in [1.54, 1.807) is 4.90 Å².